The highest BCUT2D eigenvalue weighted by Crippen LogP contribution is 2.41. The first kappa shape index (κ1) is 19.3. The van der Waals surface area contributed by atoms with Gasteiger partial charge in [-0.25, -0.2) is 9.97 Å². The van der Waals surface area contributed by atoms with Crippen LogP contribution in [0.5, 0.6) is 5.75 Å². The van der Waals surface area contributed by atoms with E-state index in [1.54, 1.807) is 0 Å². The van der Waals surface area contributed by atoms with Gasteiger partial charge < -0.3 is 19.3 Å². The van der Waals surface area contributed by atoms with Crippen molar-refractivity contribution in [2.75, 3.05) is 45.3 Å². The third kappa shape index (κ3) is 3.31. The Bertz CT molecular complexity index is 967. The topological polar surface area (TPSA) is 67.8 Å². The van der Waals surface area contributed by atoms with Crippen molar-refractivity contribution in [2.24, 2.45) is 0 Å². The first-order valence-corrected chi connectivity index (χ1v) is 10.8. The number of hydrogen-bond acceptors (Lipinski definition) is 6. The Kier molecular flexibility index (Phi) is 4.85. The summed E-state index contributed by atoms with van der Waals surface area (Å²) in [5.74, 6) is 1.71. The van der Waals surface area contributed by atoms with Gasteiger partial charge in [0.15, 0.2) is 0 Å². The van der Waals surface area contributed by atoms with Gasteiger partial charge in [0.1, 0.15) is 11.4 Å². The van der Waals surface area contributed by atoms with Crippen LogP contribution in [0.4, 0.5) is 5.95 Å². The number of carbonyl (C=O) groups is 1. The summed E-state index contributed by atoms with van der Waals surface area (Å²) in [4.78, 5) is 26.3. The number of rotatable bonds is 2. The summed E-state index contributed by atoms with van der Waals surface area (Å²) in [7, 11) is 3.89. The van der Waals surface area contributed by atoms with Gasteiger partial charge in [-0.3, -0.25) is 4.79 Å². The van der Waals surface area contributed by atoms with Gasteiger partial charge >= 0.3 is 0 Å². The number of amides is 1. The van der Waals surface area contributed by atoms with Gasteiger partial charge in [0.05, 0.1) is 18.9 Å². The second-order valence-corrected chi connectivity index (χ2v) is 8.60. The Morgan fingerprint density at radius 1 is 1.13 bits per heavy atom. The standard InChI is InChI=1S/C23H28N4O3/c1-26(2)22-24-15-18-7-13-30-23(20(18)25-22)8-10-27(11-9-23)21(28)17-5-6-19-16(14-17)4-3-12-29-19/h5-6,14-15H,3-4,7-13H2,1-2H3. The van der Waals surface area contributed by atoms with E-state index in [9.17, 15) is 4.79 Å². The second-order valence-electron chi connectivity index (χ2n) is 8.60. The van der Waals surface area contributed by atoms with E-state index >= 15 is 0 Å². The molecule has 1 spiro atoms. The molecule has 0 unspecified atom stereocenters. The van der Waals surface area contributed by atoms with E-state index in [1.165, 1.54) is 5.56 Å². The monoisotopic (exact) mass is 408 g/mol. The molecule has 3 aliphatic heterocycles. The van der Waals surface area contributed by atoms with Crippen LogP contribution in [0.25, 0.3) is 0 Å². The highest BCUT2D eigenvalue weighted by molar-refractivity contribution is 5.94. The van der Waals surface area contributed by atoms with Crippen LogP contribution in [0.3, 0.4) is 0 Å². The van der Waals surface area contributed by atoms with Crippen molar-refractivity contribution in [1.82, 2.24) is 14.9 Å². The third-order valence-corrected chi connectivity index (χ3v) is 6.45. The minimum atomic E-state index is -0.415. The minimum absolute atomic E-state index is 0.0888. The number of ether oxygens (including phenoxy) is 2. The zero-order valence-electron chi connectivity index (χ0n) is 17.7. The molecule has 1 amide bonds. The number of nitrogens with zero attached hydrogens (tertiary/aromatic N) is 4. The zero-order valence-corrected chi connectivity index (χ0v) is 17.7. The number of aromatic nitrogens is 2. The van der Waals surface area contributed by atoms with Crippen molar-refractivity contribution in [3.63, 3.8) is 0 Å². The molecule has 5 rings (SSSR count). The third-order valence-electron chi connectivity index (χ3n) is 6.45. The summed E-state index contributed by atoms with van der Waals surface area (Å²) >= 11 is 0. The van der Waals surface area contributed by atoms with Gasteiger partial charge in [-0.2, -0.15) is 0 Å². The molecule has 4 heterocycles. The second kappa shape index (κ2) is 7.54. The van der Waals surface area contributed by atoms with Crippen LogP contribution in [0.2, 0.25) is 0 Å². The fraction of sp³-hybridized carbons (Fsp3) is 0.522. The first-order valence-electron chi connectivity index (χ1n) is 10.8. The molecule has 1 fully saturated rings. The van der Waals surface area contributed by atoms with Gasteiger partial charge in [0.25, 0.3) is 5.91 Å². The summed E-state index contributed by atoms with van der Waals surface area (Å²) in [5, 5.41) is 0. The number of anilines is 1. The minimum Gasteiger partial charge on any atom is -0.493 e. The van der Waals surface area contributed by atoms with Crippen LogP contribution in [0.15, 0.2) is 24.4 Å². The Morgan fingerprint density at radius 3 is 2.77 bits per heavy atom. The maximum Gasteiger partial charge on any atom is 0.253 e. The van der Waals surface area contributed by atoms with Crippen LogP contribution in [0, 0.1) is 0 Å². The Morgan fingerprint density at radius 2 is 1.97 bits per heavy atom. The van der Waals surface area contributed by atoms with E-state index in [0.29, 0.717) is 25.6 Å². The smallest absolute Gasteiger partial charge is 0.253 e. The van der Waals surface area contributed by atoms with Crippen molar-refractivity contribution in [1.29, 1.82) is 0 Å². The largest absolute Gasteiger partial charge is 0.493 e. The molecule has 0 atom stereocenters. The van der Waals surface area contributed by atoms with Gasteiger partial charge in [-0.15, -0.1) is 0 Å². The van der Waals surface area contributed by atoms with E-state index in [2.05, 4.69) is 4.98 Å². The predicted molar refractivity (Wildman–Crippen MR) is 113 cm³/mol. The number of likely N-dealkylation sites (tertiary alicyclic amines) is 1. The van der Waals surface area contributed by atoms with E-state index in [-0.39, 0.29) is 5.91 Å². The molecule has 0 aliphatic carbocycles. The average Bonchev–Trinajstić information content (AvgIpc) is 2.79. The fourth-order valence-electron chi connectivity index (χ4n) is 4.74. The molecule has 7 heteroatoms. The van der Waals surface area contributed by atoms with E-state index in [4.69, 9.17) is 14.5 Å². The molecule has 158 valence electrons. The number of piperidine rings is 1. The van der Waals surface area contributed by atoms with E-state index in [0.717, 1.165) is 61.3 Å². The van der Waals surface area contributed by atoms with Gasteiger partial charge in [0.2, 0.25) is 5.95 Å². The Balaban J connectivity index is 1.35. The summed E-state index contributed by atoms with van der Waals surface area (Å²) < 4.78 is 12.0. The van der Waals surface area contributed by atoms with Gasteiger partial charge in [-0.1, -0.05) is 0 Å². The Labute approximate surface area is 177 Å². The number of benzene rings is 1. The molecule has 0 radical (unpaired) electrons. The van der Waals surface area contributed by atoms with Crippen LogP contribution >= 0.6 is 0 Å². The van der Waals surface area contributed by atoms with Crippen LogP contribution in [-0.2, 0) is 23.2 Å². The summed E-state index contributed by atoms with van der Waals surface area (Å²) in [6, 6.07) is 5.83. The number of fused-ring (bicyclic) bond motifs is 3. The molecule has 3 aliphatic rings. The SMILES string of the molecule is CN(C)c1ncc2c(n1)C1(CCN(C(=O)c3ccc4c(c3)CCCO4)CC1)OCC2. The molecule has 30 heavy (non-hydrogen) atoms. The van der Waals surface area contributed by atoms with Crippen molar-refractivity contribution >= 4 is 11.9 Å². The first-order chi connectivity index (χ1) is 14.6. The van der Waals surface area contributed by atoms with E-state index in [1.807, 2.05) is 48.3 Å². The van der Waals surface area contributed by atoms with Gasteiger partial charge in [0, 0.05) is 38.9 Å². The van der Waals surface area contributed by atoms with Crippen molar-refractivity contribution in [3.8, 4) is 5.75 Å². The van der Waals surface area contributed by atoms with Crippen molar-refractivity contribution in [2.45, 2.75) is 37.7 Å². The maximum atomic E-state index is 13.2. The molecule has 2 aromatic rings. The number of aryl methyl sites for hydroxylation is 1. The lowest BCUT2D eigenvalue weighted by Crippen LogP contribution is -2.49. The van der Waals surface area contributed by atoms with Crippen LogP contribution in [-0.4, -0.2) is 61.2 Å². The maximum absolute atomic E-state index is 13.2. The molecule has 0 bridgehead atoms. The molecule has 1 aromatic carbocycles. The quantitative estimate of drug-likeness (QED) is 0.761. The van der Waals surface area contributed by atoms with E-state index < -0.39 is 5.60 Å². The molecular formula is C23H28N4O3. The predicted octanol–water partition coefficient (Wildman–Crippen LogP) is 2.57. The van der Waals surface area contributed by atoms with Gasteiger partial charge in [-0.05, 0) is 61.4 Å². The molecule has 1 aromatic heterocycles. The lowest BCUT2D eigenvalue weighted by molar-refractivity contribution is -0.0967. The highest BCUT2D eigenvalue weighted by atomic mass is 16.5. The van der Waals surface area contributed by atoms with Crippen LogP contribution < -0.4 is 9.64 Å². The Hall–Kier alpha value is -2.67. The molecule has 0 saturated carbocycles. The normalized spacial score (nSPS) is 19.6. The fourth-order valence-corrected chi connectivity index (χ4v) is 4.74. The lowest BCUT2D eigenvalue weighted by Gasteiger charge is -2.44. The summed E-state index contributed by atoms with van der Waals surface area (Å²) in [6.07, 6.45) is 6.26. The summed E-state index contributed by atoms with van der Waals surface area (Å²) in [5.41, 5.74) is 3.64. The summed E-state index contributed by atoms with van der Waals surface area (Å²) in [6.45, 7) is 2.76. The molecule has 7 nitrogen and oxygen atoms in total. The average molecular weight is 409 g/mol. The zero-order chi connectivity index (χ0) is 20.7. The van der Waals surface area contributed by atoms with Crippen molar-refractivity contribution in [3.05, 3.63) is 46.8 Å². The number of hydrogen-bond donors (Lipinski definition) is 0. The molecular weight excluding hydrogens is 380 g/mol. The molecule has 0 N–H and O–H groups in total. The molecule has 1 saturated heterocycles. The van der Waals surface area contributed by atoms with Crippen LogP contribution in [0.1, 0.15) is 46.4 Å². The van der Waals surface area contributed by atoms with Crippen molar-refractivity contribution < 1.29 is 14.3 Å². The lowest BCUT2D eigenvalue weighted by atomic mass is 9.83. The highest BCUT2D eigenvalue weighted by Gasteiger charge is 2.43. The number of carbonyl (C=O) groups excluding carboxylic acids is 1.